The van der Waals surface area contributed by atoms with E-state index in [1.807, 2.05) is 0 Å². The summed E-state index contributed by atoms with van der Waals surface area (Å²) < 4.78 is 1.22. The summed E-state index contributed by atoms with van der Waals surface area (Å²) in [6.45, 7) is 3.16. The van der Waals surface area contributed by atoms with Crippen molar-refractivity contribution in [2.75, 3.05) is 5.32 Å². The maximum absolute atomic E-state index is 12.4. The maximum atomic E-state index is 12.4. The fraction of sp³-hybridized carbons (Fsp3) is 0.267. The van der Waals surface area contributed by atoms with E-state index in [1.54, 1.807) is 38.1 Å². The van der Waals surface area contributed by atoms with Crippen LogP contribution in [0, 0.1) is 10.1 Å². The molecule has 2 aromatic rings. The molecule has 1 heterocycles. The van der Waals surface area contributed by atoms with Crippen LogP contribution in [0.4, 0.5) is 11.4 Å². The molecule has 126 valence electrons. The van der Waals surface area contributed by atoms with Gasteiger partial charge in [0.2, 0.25) is 0 Å². The molecule has 0 atom stereocenters. The Kier molecular flexibility index (Phi) is 4.63. The van der Waals surface area contributed by atoms with Gasteiger partial charge >= 0.3 is 11.7 Å². The monoisotopic (exact) mass is 332 g/mol. The summed E-state index contributed by atoms with van der Waals surface area (Å²) >= 11 is 0. The maximum Gasteiger partial charge on any atom is 0.307 e. The van der Waals surface area contributed by atoms with Gasteiger partial charge in [-0.2, -0.15) is 5.10 Å². The van der Waals surface area contributed by atoms with E-state index in [4.69, 9.17) is 5.11 Å². The van der Waals surface area contributed by atoms with E-state index < -0.39 is 22.3 Å². The van der Waals surface area contributed by atoms with E-state index in [0.29, 0.717) is 11.3 Å². The van der Waals surface area contributed by atoms with Gasteiger partial charge in [0.25, 0.3) is 5.91 Å². The number of carboxylic acid groups (broad SMARTS) is 1. The topological polar surface area (TPSA) is 127 Å². The van der Waals surface area contributed by atoms with Gasteiger partial charge in [-0.05, 0) is 31.5 Å². The van der Waals surface area contributed by atoms with Gasteiger partial charge in [-0.25, -0.2) is 0 Å². The first-order valence-corrected chi connectivity index (χ1v) is 7.02. The minimum absolute atomic E-state index is 0.101. The Bertz CT molecular complexity index is 779. The van der Waals surface area contributed by atoms with Gasteiger partial charge in [0.05, 0.1) is 11.3 Å². The molecule has 9 nitrogen and oxygen atoms in total. The highest BCUT2D eigenvalue weighted by Gasteiger charge is 2.32. The highest BCUT2D eigenvalue weighted by atomic mass is 16.6. The second kappa shape index (κ2) is 6.49. The molecule has 0 saturated carbocycles. The lowest BCUT2D eigenvalue weighted by atomic mass is 10.0. The molecule has 1 aromatic carbocycles. The van der Waals surface area contributed by atoms with Crippen molar-refractivity contribution in [3.05, 3.63) is 52.3 Å². The minimum atomic E-state index is -1.14. The molecular weight excluding hydrogens is 316 g/mol. The van der Waals surface area contributed by atoms with Crippen LogP contribution in [0.1, 0.15) is 19.4 Å². The molecule has 0 radical (unpaired) electrons. The Morgan fingerprint density at radius 2 is 1.96 bits per heavy atom. The van der Waals surface area contributed by atoms with E-state index in [9.17, 15) is 19.7 Å². The number of aromatic nitrogens is 2. The van der Waals surface area contributed by atoms with E-state index in [0.717, 1.165) is 6.20 Å². The van der Waals surface area contributed by atoms with Crippen LogP contribution in [0.25, 0.3) is 0 Å². The third-order valence-corrected chi connectivity index (χ3v) is 3.48. The van der Waals surface area contributed by atoms with E-state index in [2.05, 4.69) is 10.4 Å². The fourth-order valence-electron chi connectivity index (χ4n) is 1.98. The molecular formula is C15H16N4O5. The lowest BCUT2D eigenvalue weighted by Gasteiger charge is -2.23. The number of hydrogen-bond donors (Lipinski definition) is 2. The Morgan fingerprint density at radius 3 is 2.46 bits per heavy atom. The van der Waals surface area contributed by atoms with Crippen LogP contribution in [0.15, 0.2) is 36.7 Å². The van der Waals surface area contributed by atoms with Crippen LogP contribution in [-0.4, -0.2) is 31.7 Å². The molecule has 9 heteroatoms. The summed E-state index contributed by atoms with van der Waals surface area (Å²) in [6, 6.07) is 6.40. The molecule has 0 saturated heterocycles. The number of hydrogen-bond acceptors (Lipinski definition) is 5. The van der Waals surface area contributed by atoms with Crippen molar-refractivity contribution in [3.63, 3.8) is 0 Å². The Hall–Kier alpha value is -3.23. The lowest BCUT2D eigenvalue weighted by Crippen LogP contribution is -2.40. The molecule has 0 fully saturated rings. The Morgan fingerprint density at radius 1 is 1.33 bits per heavy atom. The molecule has 0 spiro atoms. The number of carboxylic acids is 1. The van der Waals surface area contributed by atoms with E-state index in [-0.39, 0.29) is 12.1 Å². The summed E-state index contributed by atoms with van der Waals surface area (Å²) in [7, 11) is 0. The molecule has 24 heavy (non-hydrogen) atoms. The summed E-state index contributed by atoms with van der Waals surface area (Å²) in [5.74, 6) is -1.35. The summed E-state index contributed by atoms with van der Waals surface area (Å²) in [5.41, 5.74) is -0.242. The average Bonchev–Trinajstić information content (AvgIpc) is 2.99. The lowest BCUT2D eigenvalue weighted by molar-refractivity contribution is -0.385. The predicted octanol–water partition coefficient (Wildman–Crippen LogP) is 1.79. The number of carbonyl (C=O) groups excluding carboxylic acids is 1. The number of carbonyl (C=O) groups is 2. The zero-order valence-corrected chi connectivity index (χ0v) is 13.1. The van der Waals surface area contributed by atoms with Gasteiger partial charge in [-0.3, -0.25) is 24.4 Å². The number of nitro groups is 1. The zero-order chi connectivity index (χ0) is 17.9. The van der Waals surface area contributed by atoms with Crippen molar-refractivity contribution in [2.45, 2.75) is 25.8 Å². The molecule has 1 amide bonds. The predicted molar refractivity (Wildman–Crippen MR) is 84.6 cm³/mol. The Balaban J connectivity index is 2.12. The van der Waals surface area contributed by atoms with Crippen LogP contribution in [0.5, 0.6) is 0 Å². The molecule has 0 bridgehead atoms. The second-order valence-electron chi connectivity index (χ2n) is 5.68. The largest absolute Gasteiger partial charge is 0.481 e. The van der Waals surface area contributed by atoms with Gasteiger partial charge < -0.3 is 10.4 Å². The summed E-state index contributed by atoms with van der Waals surface area (Å²) in [6.07, 6.45) is 2.17. The third-order valence-electron chi connectivity index (χ3n) is 3.48. The highest BCUT2D eigenvalue weighted by molar-refractivity contribution is 5.96. The molecule has 0 aliphatic carbocycles. The number of nitrogens with one attached hydrogen (secondary N) is 1. The number of nitrogens with zero attached hydrogens (tertiary/aromatic N) is 3. The SMILES string of the molecule is CC(C)(C(=O)Nc1ccc(CC(=O)O)cc1)n1cc([N+](=O)[O-])cn1. The van der Waals surface area contributed by atoms with Crippen molar-refractivity contribution in [1.82, 2.24) is 9.78 Å². The molecule has 0 aliphatic rings. The van der Waals surface area contributed by atoms with Crippen molar-refractivity contribution in [3.8, 4) is 0 Å². The smallest absolute Gasteiger partial charge is 0.307 e. The van der Waals surface area contributed by atoms with Gasteiger partial charge in [-0.15, -0.1) is 0 Å². The van der Waals surface area contributed by atoms with Crippen LogP contribution in [0.3, 0.4) is 0 Å². The minimum Gasteiger partial charge on any atom is -0.481 e. The molecule has 0 unspecified atom stereocenters. The van der Waals surface area contributed by atoms with Crippen molar-refractivity contribution in [1.29, 1.82) is 0 Å². The first kappa shape index (κ1) is 17.1. The normalized spacial score (nSPS) is 11.1. The number of aliphatic carboxylic acids is 1. The van der Waals surface area contributed by atoms with E-state index in [1.165, 1.54) is 10.9 Å². The van der Waals surface area contributed by atoms with Crippen LogP contribution < -0.4 is 5.32 Å². The average molecular weight is 332 g/mol. The van der Waals surface area contributed by atoms with E-state index >= 15 is 0 Å². The van der Waals surface area contributed by atoms with Gasteiger partial charge in [0.15, 0.2) is 0 Å². The van der Waals surface area contributed by atoms with Gasteiger partial charge in [0, 0.05) is 5.69 Å². The number of anilines is 1. The van der Waals surface area contributed by atoms with Crippen LogP contribution in [0.2, 0.25) is 0 Å². The number of benzene rings is 1. The fourth-order valence-corrected chi connectivity index (χ4v) is 1.98. The quantitative estimate of drug-likeness (QED) is 0.613. The van der Waals surface area contributed by atoms with Crippen LogP contribution >= 0.6 is 0 Å². The summed E-state index contributed by atoms with van der Waals surface area (Å²) in [4.78, 5) is 33.2. The highest BCUT2D eigenvalue weighted by Crippen LogP contribution is 2.21. The second-order valence-corrected chi connectivity index (χ2v) is 5.68. The summed E-state index contributed by atoms with van der Waals surface area (Å²) in [5, 5.41) is 26.0. The molecule has 1 aromatic heterocycles. The molecule has 2 rings (SSSR count). The Labute approximate surface area is 137 Å². The molecule has 0 aliphatic heterocycles. The van der Waals surface area contributed by atoms with Gasteiger partial charge in [0.1, 0.15) is 17.9 Å². The first-order valence-electron chi connectivity index (χ1n) is 7.02. The van der Waals surface area contributed by atoms with Crippen molar-refractivity contribution in [2.24, 2.45) is 0 Å². The van der Waals surface area contributed by atoms with Crippen LogP contribution in [-0.2, 0) is 21.5 Å². The zero-order valence-electron chi connectivity index (χ0n) is 13.1. The third kappa shape index (κ3) is 3.75. The number of rotatable bonds is 6. The van der Waals surface area contributed by atoms with Gasteiger partial charge in [-0.1, -0.05) is 12.1 Å². The number of amides is 1. The van der Waals surface area contributed by atoms with Crippen molar-refractivity contribution < 1.29 is 19.6 Å². The standard InChI is InChI=1S/C15H16N4O5/c1-15(2,18-9-12(8-16-18)19(23)24)14(22)17-11-5-3-10(4-6-11)7-13(20)21/h3-6,8-9H,7H2,1-2H3,(H,17,22)(H,20,21). The molecule has 2 N–H and O–H groups in total. The first-order chi connectivity index (χ1) is 11.2. The van der Waals surface area contributed by atoms with Crippen molar-refractivity contribution >= 4 is 23.3 Å².